The Balaban J connectivity index is 2.61. The van der Waals surface area contributed by atoms with Crippen molar-refractivity contribution in [2.24, 2.45) is 5.73 Å². The first-order chi connectivity index (χ1) is 6.72. The average molecular weight is 189 g/mol. The second-order valence-corrected chi connectivity index (χ2v) is 3.80. The van der Waals surface area contributed by atoms with Crippen LogP contribution in [0.25, 0.3) is 5.65 Å². The van der Waals surface area contributed by atoms with Crippen LogP contribution in [-0.4, -0.2) is 9.38 Å². The number of hydrogen-bond donors (Lipinski definition) is 1. The minimum atomic E-state index is 0.530. The summed E-state index contributed by atoms with van der Waals surface area (Å²) in [7, 11) is 0. The van der Waals surface area contributed by atoms with Gasteiger partial charge in [0, 0.05) is 12.7 Å². The van der Waals surface area contributed by atoms with Crippen LogP contribution in [0.15, 0.2) is 24.5 Å². The van der Waals surface area contributed by atoms with Crippen molar-refractivity contribution in [2.45, 2.75) is 26.3 Å². The lowest BCUT2D eigenvalue weighted by molar-refractivity contribution is 0.845. The van der Waals surface area contributed by atoms with Crippen molar-refractivity contribution >= 4 is 5.65 Å². The minimum Gasteiger partial charge on any atom is -0.325 e. The third-order valence-corrected chi connectivity index (χ3v) is 2.48. The summed E-state index contributed by atoms with van der Waals surface area (Å²) in [5.74, 6) is 0.535. The van der Waals surface area contributed by atoms with E-state index in [2.05, 4.69) is 35.5 Å². The van der Waals surface area contributed by atoms with Gasteiger partial charge in [-0.25, -0.2) is 4.98 Å². The van der Waals surface area contributed by atoms with Crippen molar-refractivity contribution in [3.05, 3.63) is 35.8 Å². The molecule has 14 heavy (non-hydrogen) atoms. The summed E-state index contributed by atoms with van der Waals surface area (Å²) < 4.78 is 2.06. The molecule has 3 heteroatoms. The van der Waals surface area contributed by atoms with Gasteiger partial charge in [0.2, 0.25) is 0 Å². The molecule has 0 unspecified atom stereocenters. The Morgan fingerprint density at radius 3 is 2.86 bits per heavy atom. The van der Waals surface area contributed by atoms with Crippen LogP contribution in [0, 0.1) is 0 Å². The predicted molar refractivity (Wildman–Crippen MR) is 57.2 cm³/mol. The number of pyridine rings is 1. The van der Waals surface area contributed by atoms with Crippen LogP contribution in [0.2, 0.25) is 0 Å². The molecular formula is C11H15N3. The van der Waals surface area contributed by atoms with Gasteiger partial charge in [0.25, 0.3) is 0 Å². The number of nitrogens with zero attached hydrogens (tertiary/aromatic N) is 2. The van der Waals surface area contributed by atoms with Crippen molar-refractivity contribution in [1.82, 2.24) is 9.38 Å². The second-order valence-electron chi connectivity index (χ2n) is 3.80. The molecule has 0 radical (unpaired) electrons. The Bertz CT molecular complexity index is 443. The van der Waals surface area contributed by atoms with E-state index in [1.807, 2.05) is 12.3 Å². The molecule has 0 spiro atoms. The maximum absolute atomic E-state index is 5.63. The van der Waals surface area contributed by atoms with Crippen molar-refractivity contribution < 1.29 is 0 Å². The molecule has 0 aliphatic rings. The van der Waals surface area contributed by atoms with Gasteiger partial charge >= 0.3 is 0 Å². The van der Waals surface area contributed by atoms with Gasteiger partial charge in [0.1, 0.15) is 5.65 Å². The van der Waals surface area contributed by atoms with E-state index < -0.39 is 0 Å². The van der Waals surface area contributed by atoms with E-state index in [-0.39, 0.29) is 0 Å². The van der Waals surface area contributed by atoms with E-state index in [0.29, 0.717) is 12.5 Å². The van der Waals surface area contributed by atoms with Crippen LogP contribution < -0.4 is 5.73 Å². The highest BCUT2D eigenvalue weighted by molar-refractivity contribution is 5.42. The first kappa shape index (κ1) is 9.21. The molecule has 2 N–H and O–H groups in total. The Hall–Kier alpha value is -1.35. The Kier molecular flexibility index (Phi) is 2.25. The van der Waals surface area contributed by atoms with Crippen LogP contribution in [0.3, 0.4) is 0 Å². The van der Waals surface area contributed by atoms with Gasteiger partial charge in [0.05, 0.1) is 11.9 Å². The zero-order valence-electron chi connectivity index (χ0n) is 8.57. The lowest BCUT2D eigenvalue weighted by Gasteiger charge is -2.06. The van der Waals surface area contributed by atoms with Gasteiger partial charge in [-0.3, -0.25) is 0 Å². The Labute approximate surface area is 83.6 Å². The molecule has 2 aromatic rings. The molecule has 0 amide bonds. The maximum Gasteiger partial charge on any atom is 0.136 e. The fourth-order valence-corrected chi connectivity index (χ4v) is 1.54. The fraction of sp³-hybridized carbons (Fsp3) is 0.364. The topological polar surface area (TPSA) is 43.3 Å². The first-order valence-electron chi connectivity index (χ1n) is 4.88. The smallest absolute Gasteiger partial charge is 0.136 e. The number of nitrogens with two attached hydrogens (primary N) is 1. The fourth-order valence-electron chi connectivity index (χ4n) is 1.54. The lowest BCUT2D eigenvalue weighted by Crippen LogP contribution is -2.01. The normalized spacial score (nSPS) is 11.4. The SMILES string of the molecule is CC(C)c1ccc2ncc(CN)n2c1. The molecule has 2 heterocycles. The van der Waals surface area contributed by atoms with Gasteiger partial charge in [-0.05, 0) is 17.5 Å². The molecule has 2 rings (SSSR count). The number of rotatable bonds is 2. The number of fused-ring (bicyclic) bond motifs is 1. The van der Waals surface area contributed by atoms with Gasteiger partial charge in [-0.2, -0.15) is 0 Å². The largest absolute Gasteiger partial charge is 0.325 e. The number of aromatic nitrogens is 2. The van der Waals surface area contributed by atoms with Gasteiger partial charge in [0.15, 0.2) is 0 Å². The molecule has 0 aliphatic carbocycles. The zero-order chi connectivity index (χ0) is 10.1. The molecular weight excluding hydrogens is 174 g/mol. The Morgan fingerprint density at radius 2 is 2.21 bits per heavy atom. The maximum atomic E-state index is 5.63. The van der Waals surface area contributed by atoms with Crippen LogP contribution >= 0.6 is 0 Å². The highest BCUT2D eigenvalue weighted by Gasteiger charge is 2.04. The van der Waals surface area contributed by atoms with Crippen molar-refractivity contribution in [3.63, 3.8) is 0 Å². The Morgan fingerprint density at radius 1 is 1.43 bits per heavy atom. The summed E-state index contributed by atoms with van der Waals surface area (Å²) >= 11 is 0. The van der Waals surface area contributed by atoms with Crippen molar-refractivity contribution in [3.8, 4) is 0 Å². The molecule has 0 saturated carbocycles. The summed E-state index contributed by atoms with van der Waals surface area (Å²) in [5.41, 5.74) is 8.96. The minimum absolute atomic E-state index is 0.530. The summed E-state index contributed by atoms with van der Waals surface area (Å²) in [6.45, 7) is 4.89. The summed E-state index contributed by atoms with van der Waals surface area (Å²) in [5, 5.41) is 0. The van der Waals surface area contributed by atoms with E-state index in [9.17, 15) is 0 Å². The second kappa shape index (κ2) is 3.42. The molecule has 0 fully saturated rings. The monoisotopic (exact) mass is 189 g/mol. The summed E-state index contributed by atoms with van der Waals surface area (Å²) in [6.07, 6.45) is 3.95. The molecule has 0 atom stereocenters. The number of hydrogen-bond acceptors (Lipinski definition) is 2. The first-order valence-corrected chi connectivity index (χ1v) is 4.88. The van der Waals surface area contributed by atoms with E-state index >= 15 is 0 Å². The molecule has 0 bridgehead atoms. The lowest BCUT2D eigenvalue weighted by atomic mass is 10.1. The molecule has 0 aromatic carbocycles. The molecule has 0 saturated heterocycles. The highest BCUT2D eigenvalue weighted by Crippen LogP contribution is 2.16. The molecule has 74 valence electrons. The van der Waals surface area contributed by atoms with Crippen LogP contribution in [0.1, 0.15) is 31.0 Å². The van der Waals surface area contributed by atoms with Gasteiger partial charge in [-0.15, -0.1) is 0 Å². The van der Waals surface area contributed by atoms with Gasteiger partial charge < -0.3 is 10.1 Å². The van der Waals surface area contributed by atoms with E-state index in [4.69, 9.17) is 5.73 Å². The van der Waals surface area contributed by atoms with Crippen LogP contribution in [-0.2, 0) is 6.54 Å². The quantitative estimate of drug-likeness (QED) is 0.784. The standard InChI is InChI=1S/C11H15N3/c1-8(2)9-3-4-11-13-6-10(5-12)14(11)7-9/h3-4,6-8H,5,12H2,1-2H3. The van der Waals surface area contributed by atoms with Crippen molar-refractivity contribution in [1.29, 1.82) is 0 Å². The summed E-state index contributed by atoms with van der Waals surface area (Å²) in [4.78, 5) is 4.27. The summed E-state index contributed by atoms with van der Waals surface area (Å²) in [6, 6.07) is 4.15. The third kappa shape index (κ3) is 1.40. The molecule has 0 aliphatic heterocycles. The zero-order valence-corrected chi connectivity index (χ0v) is 8.57. The van der Waals surface area contributed by atoms with Crippen LogP contribution in [0.4, 0.5) is 0 Å². The van der Waals surface area contributed by atoms with Crippen LogP contribution in [0.5, 0.6) is 0 Å². The van der Waals surface area contributed by atoms with E-state index in [1.54, 1.807) is 0 Å². The van der Waals surface area contributed by atoms with Crippen molar-refractivity contribution in [2.75, 3.05) is 0 Å². The van der Waals surface area contributed by atoms with Gasteiger partial charge in [-0.1, -0.05) is 19.9 Å². The highest BCUT2D eigenvalue weighted by atomic mass is 15.0. The predicted octanol–water partition coefficient (Wildman–Crippen LogP) is 1.92. The average Bonchev–Trinajstić information content (AvgIpc) is 2.59. The molecule has 2 aromatic heterocycles. The van der Waals surface area contributed by atoms with E-state index in [0.717, 1.165) is 11.3 Å². The van der Waals surface area contributed by atoms with E-state index in [1.165, 1.54) is 5.56 Å². The number of imidazole rings is 1. The molecule has 3 nitrogen and oxygen atoms in total. The third-order valence-electron chi connectivity index (χ3n) is 2.48.